The molecule has 2 aromatic carbocycles. The van der Waals surface area contributed by atoms with Crippen molar-refractivity contribution in [2.45, 2.75) is 13.8 Å². The van der Waals surface area contributed by atoms with Crippen molar-refractivity contribution < 1.29 is 19.4 Å². The summed E-state index contributed by atoms with van der Waals surface area (Å²) in [4.78, 5) is 29.8. The average molecular weight is 379 g/mol. The minimum atomic E-state index is -1.07. The molecule has 3 aromatic rings. The standard InChI is InChI=1S/C21H21N3O4/c1-3-24(4-2)21(27)23-18-13-15(11-12-22-18)28-17-10-9-14-7-5-6-8-16(14)19(17)20(25)26/h5-13H,3-4H2,1-2H3,(H,25,26)(H,22,23,27). The van der Waals surface area contributed by atoms with Crippen molar-refractivity contribution in [3.8, 4) is 11.5 Å². The van der Waals surface area contributed by atoms with E-state index in [2.05, 4.69) is 10.3 Å². The molecule has 7 nitrogen and oxygen atoms in total. The number of urea groups is 1. The highest BCUT2D eigenvalue weighted by molar-refractivity contribution is 6.06. The van der Waals surface area contributed by atoms with Crippen molar-refractivity contribution in [1.82, 2.24) is 9.88 Å². The Morgan fingerprint density at radius 3 is 2.57 bits per heavy atom. The molecule has 0 fully saturated rings. The lowest BCUT2D eigenvalue weighted by atomic mass is 10.0. The van der Waals surface area contributed by atoms with Gasteiger partial charge in [0.2, 0.25) is 0 Å². The summed E-state index contributed by atoms with van der Waals surface area (Å²) in [6.07, 6.45) is 1.49. The van der Waals surface area contributed by atoms with Crippen LogP contribution in [0.3, 0.4) is 0 Å². The molecule has 0 aliphatic heterocycles. The number of aromatic nitrogens is 1. The topological polar surface area (TPSA) is 91.8 Å². The molecule has 0 unspecified atom stereocenters. The number of carbonyl (C=O) groups is 2. The molecule has 0 aliphatic rings. The second-order valence-corrected chi connectivity index (χ2v) is 6.05. The second kappa shape index (κ2) is 8.39. The number of benzene rings is 2. The number of carbonyl (C=O) groups excluding carboxylic acids is 1. The molecule has 144 valence electrons. The minimum absolute atomic E-state index is 0.0867. The SMILES string of the molecule is CCN(CC)C(=O)Nc1cc(Oc2ccc3ccccc3c2C(=O)O)ccn1. The summed E-state index contributed by atoms with van der Waals surface area (Å²) in [6, 6.07) is 13.6. The lowest BCUT2D eigenvalue weighted by molar-refractivity contribution is 0.0696. The zero-order valence-corrected chi connectivity index (χ0v) is 15.7. The number of hydrogen-bond acceptors (Lipinski definition) is 4. The Labute approximate surface area is 162 Å². The summed E-state index contributed by atoms with van der Waals surface area (Å²) < 4.78 is 5.83. The summed E-state index contributed by atoms with van der Waals surface area (Å²) in [5, 5.41) is 13.8. The fourth-order valence-electron chi connectivity index (χ4n) is 2.93. The molecule has 2 amide bonds. The molecule has 3 rings (SSSR count). The predicted molar refractivity (Wildman–Crippen MR) is 107 cm³/mol. The van der Waals surface area contributed by atoms with E-state index in [-0.39, 0.29) is 17.3 Å². The number of aromatic carboxylic acids is 1. The summed E-state index contributed by atoms with van der Waals surface area (Å²) in [7, 11) is 0. The lowest BCUT2D eigenvalue weighted by Gasteiger charge is -2.19. The van der Waals surface area contributed by atoms with Gasteiger partial charge < -0.3 is 14.7 Å². The van der Waals surface area contributed by atoms with Gasteiger partial charge in [-0.2, -0.15) is 0 Å². The van der Waals surface area contributed by atoms with Gasteiger partial charge in [0.15, 0.2) is 0 Å². The molecule has 0 saturated carbocycles. The summed E-state index contributed by atoms with van der Waals surface area (Å²) in [6.45, 7) is 4.95. The van der Waals surface area contributed by atoms with E-state index in [0.717, 1.165) is 5.39 Å². The Morgan fingerprint density at radius 2 is 1.86 bits per heavy atom. The lowest BCUT2D eigenvalue weighted by Crippen LogP contribution is -2.34. The number of carboxylic acids is 1. The third-order valence-corrected chi connectivity index (χ3v) is 4.35. The van der Waals surface area contributed by atoms with Gasteiger partial charge >= 0.3 is 12.0 Å². The maximum absolute atomic E-state index is 12.2. The van der Waals surface area contributed by atoms with E-state index in [4.69, 9.17) is 4.74 Å². The predicted octanol–water partition coefficient (Wildman–Crippen LogP) is 4.60. The molecule has 0 atom stereocenters. The summed E-state index contributed by atoms with van der Waals surface area (Å²) in [5.74, 6) is -0.149. The number of carboxylic acid groups (broad SMARTS) is 1. The third kappa shape index (κ3) is 4.03. The van der Waals surface area contributed by atoms with Gasteiger partial charge in [-0.3, -0.25) is 5.32 Å². The number of fused-ring (bicyclic) bond motifs is 1. The normalized spacial score (nSPS) is 10.5. The van der Waals surface area contributed by atoms with Crippen molar-refractivity contribution in [2.75, 3.05) is 18.4 Å². The van der Waals surface area contributed by atoms with Crippen LogP contribution in [0.1, 0.15) is 24.2 Å². The van der Waals surface area contributed by atoms with Crippen LogP contribution in [0.25, 0.3) is 10.8 Å². The molecule has 7 heteroatoms. The number of amides is 2. The maximum atomic E-state index is 12.2. The second-order valence-electron chi connectivity index (χ2n) is 6.05. The zero-order chi connectivity index (χ0) is 20.1. The first kappa shape index (κ1) is 19.2. The highest BCUT2D eigenvalue weighted by Crippen LogP contribution is 2.32. The van der Waals surface area contributed by atoms with E-state index in [0.29, 0.717) is 30.0 Å². The summed E-state index contributed by atoms with van der Waals surface area (Å²) in [5.41, 5.74) is 0.0867. The van der Waals surface area contributed by atoms with Crippen molar-refractivity contribution in [3.05, 3.63) is 60.3 Å². The van der Waals surface area contributed by atoms with Crippen LogP contribution in [0.2, 0.25) is 0 Å². The molecule has 1 heterocycles. The van der Waals surface area contributed by atoms with Crippen LogP contribution in [0, 0.1) is 0 Å². The Hall–Kier alpha value is -3.61. The fraction of sp³-hybridized carbons (Fsp3) is 0.190. The largest absolute Gasteiger partial charge is 0.478 e. The molecule has 28 heavy (non-hydrogen) atoms. The third-order valence-electron chi connectivity index (χ3n) is 4.35. The number of anilines is 1. The first-order valence-electron chi connectivity index (χ1n) is 8.98. The van der Waals surface area contributed by atoms with Crippen LogP contribution in [0.15, 0.2) is 54.7 Å². The van der Waals surface area contributed by atoms with Gasteiger partial charge in [-0.1, -0.05) is 30.3 Å². The van der Waals surface area contributed by atoms with E-state index in [1.54, 1.807) is 41.3 Å². The highest BCUT2D eigenvalue weighted by atomic mass is 16.5. The van der Waals surface area contributed by atoms with Crippen LogP contribution in [-0.4, -0.2) is 40.1 Å². The molecule has 2 N–H and O–H groups in total. The van der Waals surface area contributed by atoms with Crippen molar-refractivity contribution in [1.29, 1.82) is 0 Å². The van der Waals surface area contributed by atoms with Gasteiger partial charge in [0.05, 0.1) is 0 Å². The van der Waals surface area contributed by atoms with Crippen molar-refractivity contribution in [2.24, 2.45) is 0 Å². The van der Waals surface area contributed by atoms with E-state index in [9.17, 15) is 14.7 Å². The molecule has 0 bridgehead atoms. The van der Waals surface area contributed by atoms with Gasteiger partial charge in [-0.15, -0.1) is 0 Å². The number of nitrogens with one attached hydrogen (secondary N) is 1. The van der Waals surface area contributed by atoms with Crippen LogP contribution in [0.5, 0.6) is 11.5 Å². The Morgan fingerprint density at radius 1 is 1.11 bits per heavy atom. The monoisotopic (exact) mass is 379 g/mol. The van der Waals surface area contributed by atoms with E-state index in [1.165, 1.54) is 6.20 Å². The Bertz CT molecular complexity index is 1020. The van der Waals surface area contributed by atoms with Crippen LogP contribution >= 0.6 is 0 Å². The molecule has 0 radical (unpaired) electrons. The van der Waals surface area contributed by atoms with Crippen molar-refractivity contribution in [3.63, 3.8) is 0 Å². The number of nitrogens with zero attached hydrogens (tertiary/aromatic N) is 2. The number of pyridine rings is 1. The van der Waals surface area contributed by atoms with E-state index in [1.807, 2.05) is 26.0 Å². The first-order valence-corrected chi connectivity index (χ1v) is 8.98. The first-order chi connectivity index (χ1) is 13.5. The van der Waals surface area contributed by atoms with Crippen molar-refractivity contribution >= 4 is 28.6 Å². The highest BCUT2D eigenvalue weighted by Gasteiger charge is 2.17. The van der Waals surface area contributed by atoms with Gasteiger partial charge in [0.1, 0.15) is 22.9 Å². The average Bonchev–Trinajstić information content (AvgIpc) is 2.68. The molecule has 0 saturated heterocycles. The fourth-order valence-corrected chi connectivity index (χ4v) is 2.93. The summed E-state index contributed by atoms with van der Waals surface area (Å²) >= 11 is 0. The number of rotatable bonds is 6. The molecule has 0 spiro atoms. The van der Waals surface area contributed by atoms with Gasteiger partial charge in [-0.25, -0.2) is 14.6 Å². The molecule has 0 aliphatic carbocycles. The van der Waals surface area contributed by atoms with Crippen LogP contribution < -0.4 is 10.1 Å². The quantitative estimate of drug-likeness (QED) is 0.653. The maximum Gasteiger partial charge on any atom is 0.340 e. The molecular formula is C21H21N3O4. The minimum Gasteiger partial charge on any atom is -0.478 e. The Balaban J connectivity index is 1.89. The molecule has 1 aromatic heterocycles. The Kier molecular flexibility index (Phi) is 5.74. The van der Waals surface area contributed by atoms with Gasteiger partial charge in [0, 0.05) is 25.4 Å². The van der Waals surface area contributed by atoms with Crippen LogP contribution in [0.4, 0.5) is 10.6 Å². The number of hydrogen-bond donors (Lipinski definition) is 2. The van der Waals surface area contributed by atoms with Crippen LogP contribution in [-0.2, 0) is 0 Å². The van der Waals surface area contributed by atoms with E-state index < -0.39 is 5.97 Å². The zero-order valence-electron chi connectivity index (χ0n) is 15.7. The smallest absolute Gasteiger partial charge is 0.340 e. The van der Waals surface area contributed by atoms with E-state index >= 15 is 0 Å². The van der Waals surface area contributed by atoms with Gasteiger partial charge in [0.25, 0.3) is 0 Å². The number of ether oxygens (including phenoxy) is 1. The molecular weight excluding hydrogens is 358 g/mol. The van der Waals surface area contributed by atoms with Gasteiger partial charge in [-0.05, 0) is 36.8 Å².